The minimum absolute atomic E-state index is 0.0757. The molecule has 22 heavy (non-hydrogen) atoms. The van der Waals surface area contributed by atoms with Crippen LogP contribution in [-0.2, 0) is 22.1 Å². The molecule has 1 aromatic heterocycles. The number of rotatable bonds is 5. The molecule has 1 aromatic rings. The van der Waals surface area contributed by atoms with Crippen LogP contribution >= 0.6 is 0 Å². The van der Waals surface area contributed by atoms with Crippen LogP contribution in [0.4, 0.5) is 13.2 Å². The lowest BCUT2D eigenvalue weighted by molar-refractivity contribution is -0.138. The van der Waals surface area contributed by atoms with Crippen LogP contribution in [0.5, 0.6) is 0 Å². The first-order valence-corrected chi connectivity index (χ1v) is 7.27. The highest BCUT2D eigenvalue weighted by atomic mass is 19.4. The van der Waals surface area contributed by atoms with Crippen LogP contribution in [0.1, 0.15) is 24.5 Å². The number of pyridine rings is 1. The summed E-state index contributed by atoms with van der Waals surface area (Å²) < 4.78 is 44.1. The van der Waals surface area contributed by atoms with Crippen molar-refractivity contribution in [2.75, 3.05) is 26.3 Å². The molecule has 7 heteroatoms. The van der Waals surface area contributed by atoms with Gasteiger partial charge in [0.25, 0.3) is 0 Å². The van der Waals surface area contributed by atoms with Gasteiger partial charge < -0.3 is 9.64 Å². The number of aromatic nitrogens is 1. The van der Waals surface area contributed by atoms with E-state index in [0.717, 1.165) is 24.9 Å². The lowest BCUT2D eigenvalue weighted by Crippen LogP contribution is -2.31. The molecule has 0 saturated carbocycles. The zero-order valence-corrected chi connectivity index (χ0v) is 12.4. The zero-order valence-electron chi connectivity index (χ0n) is 12.4. The molecule has 0 N–H and O–H groups in total. The summed E-state index contributed by atoms with van der Waals surface area (Å²) in [6.07, 6.45) is -1.71. The molecule has 0 spiro atoms. The van der Waals surface area contributed by atoms with Crippen molar-refractivity contribution in [1.29, 1.82) is 0 Å². The van der Waals surface area contributed by atoms with E-state index in [4.69, 9.17) is 4.74 Å². The van der Waals surface area contributed by atoms with Gasteiger partial charge in [0.05, 0.1) is 18.6 Å². The fourth-order valence-electron chi connectivity index (χ4n) is 2.60. The number of amides is 1. The van der Waals surface area contributed by atoms with E-state index in [0.29, 0.717) is 26.3 Å². The number of likely N-dealkylation sites (tertiary alicyclic amines) is 1. The van der Waals surface area contributed by atoms with Gasteiger partial charge in [-0.05, 0) is 25.0 Å². The smallest absolute Gasteiger partial charge is 0.381 e. The molecule has 4 nitrogen and oxygen atoms in total. The Morgan fingerprint density at radius 2 is 2.27 bits per heavy atom. The lowest BCUT2D eigenvalue weighted by Gasteiger charge is -2.18. The van der Waals surface area contributed by atoms with Crippen molar-refractivity contribution in [3.63, 3.8) is 0 Å². The number of alkyl halides is 3. The van der Waals surface area contributed by atoms with Gasteiger partial charge in [-0.15, -0.1) is 0 Å². The van der Waals surface area contributed by atoms with Crippen LogP contribution in [-0.4, -0.2) is 42.1 Å². The summed E-state index contributed by atoms with van der Waals surface area (Å²) in [7, 11) is 0. The minimum Gasteiger partial charge on any atom is -0.381 e. The minimum atomic E-state index is -4.47. The molecule has 0 bridgehead atoms. The van der Waals surface area contributed by atoms with Crippen molar-refractivity contribution in [3.05, 3.63) is 29.6 Å². The number of hydrogen-bond acceptors (Lipinski definition) is 3. The zero-order chi connectivity index (χ0) is 16.2. The fourth-order valence-corrected chi connectivity index (χ4v) is 2.60. The molecule has 1 atom stereocenters. The van der Waals surface area contributed by atoms with Gasteiger partial charge >= 0.3 is 6.18 Å². The van der Waals surface area contributed by atoms with E-state index >= 15 is 0 Å². The normalized spacial score (nSPS) is 18.7. The Labute approximate surface area is 127 Å². The molecule has 2 heterocycles. The summed E-state index contributed by atoms with van der Waals surface area (Å²) in [4.78, 5) is 17.5. The number of carbonyl (C=O) groups excluding carboxylic acids is 1. The van der Waals surface area contributed by atoms with E-state index in [1.165, 1.54) is 0 Å². The van der Waals surface area contributed by atoms with Crippen molar-refractivity contribution in [2.24, 2.45) is 5.92 Å². The molecule has 1 saturated heterocycles. The maximum absolute atomic E-state index is 12.9. The second-order valence-corrected chi connectivity index (χ2v) is 5.36. The predicted octanol–water partition coefficient (Wildman–Crippen LogP) is 2.53. The van der Waals surface area contributed by atoms with Gasteiger partial charge in [-0.3, -0.25) is 9.78 Å². The number of hydrogen-bond donors (Lipinski definition) is 0. The van der Waals surface area contributed by atoms with Crippen molar-refractivity contribution < 1.29 is 22.7 Å². The average Bonchev–Trinajstić information content (AvgIpc) is 2.93. The Morgan fingerprint density at radius 1 is 1.50 bits per heavy atom. The third kappa shape index (κ3) is 4.19. The van der Waals surface area contributed by atoms with Gasteiger partial charge in [-0.25, -0.2) is 0 Å². The molecule has 0 aliphatic carbocycles. The molecule has 0 radical (unpaired) electrons. The second kappa shape index (κ2) is 7.09. The quantitative estimate of drug-likeness (QED) is 0.838. The fraction of sp³-hybridized carbons (Fsp3) is 0.600. The number of ether oxygens (including phenoxy) is 1. The summed E-state index contributed by atoms with van der Waals surface area (Å²) in [5.41, 5.74) is -0.867. The van der Waals surface area contributed by atoms with Gasteiger partial charge in [-0.2, -0.15) is 13.2 Å². The molecule has 1 aliphatic heterocycles. The Hall–Kier alpha value is -1.63. The molecular weight excluding hydrogens is 297 g/mol. The first-order chi connectivity index (χ1) is 10.4. The summed E-state index contributed by atoms with van der Waals surface area (Å²) in [5, 5.41) is 0. The predicted molar refractivity (Wildman–Crippen MR) is 74.1 cm³/mol. The van der Waals surface area contributed by atoms with E-state index in [2.05, 4.69) is 4.98 Å². The highest BCUT2D eigenvalue weighted by molar-refractivity contribution is 5.79. The average molecular weight is 316 g/mol. The van der Waals surface area contributed by atoms with E-state index in [1.54, 1.807) is 4.90 Å². The van der Waals surface area contributed by atoms with Crippen LogP contribution in [0.2, 0.25) is 0 Å². The molecule has 1 aliphatic rings. The van der Waals surface area contributed by atoms with Crippen LogP contribution in [0.15, 0.2) is 18.5 Å². The van der Waals surface area contributed by atoms with Crippen molar-refractivity contribution >= 4 is 5.91 Å². The van der Waals surface area contributed by atoms with Crippen LogP contribution in [0, 0.1) is 5.92 Å². The maximum atomic E-state index is 12.9. The lowest BCUT2D eigenvalue weighted by atomic mass is 10.1. The molecule has 0 aromatic carbocycles. The molecule has 122 valence electrons. The van der Waals surface area contributed by atoms with E-state index in [-0.39, 0.29) is 23.8 Å². The third-order valence-corrected chi connectivity index (χ3v) is 3.75. The standard InChI is InChI=1S/C15H19F3N2O2/c1-2-22-10-11-4-6-20(9-11)14(21)7-12-8-19-5-3-13(12)15(16,17)18/h3,5,8,11H,2,4,6-7,9-10H2,1H3/t11-/m0/s1. The van der Waals surface area contributed by atoms with Gasteiger partial charge in [0.15, 0.2) is 0 Å². The summed E-state index contributed by atoms with van der Waals surface area (Å²) >= 11 is 0. The van der Waals surface area contributed by atoms with Crippen LogP contribution in [0.3, 0.4) is 0 Å². The summed E-state index contributed by atoms with van der Waals surface area (Å²) in [6.45, 7) is 4.22. The Kier molecular flexibility index (Phi) is 5.39. The Morgan fingerprint density at radius 3 is 2.95 bits per heavy atom. The highest BCUT2D eigenvalue weighted by Crippen LogP contribution is 2.32. The van der Waals surface area contributed by atoms with Gasteiger partial charge in [0.2, 0.25) is 5.91 Å². The largest absolute Gasteiger partial charge is 0.416 e. The van der Waals surface area contributed by atoms with E-state index < -0.39 is 11.7 Å². The van der Waals surface area contributed by atoms with Crippen LogP contribution < -0.4 is 0 Å². The summed E-state index contributed by atoms with van der Waals surface area (Å²) in [6, 6.07) is 0.907. The second-order valence-electron chi connectivity index (χ2n) is 5.36. The van der Waals surface area contributed by atoms with Crippen molar-refractivity contribution in [3.8, 4) is 0 Å². The van der Waals surface area contributed by atoms with Gasteiger partial charge in [-0.1, -0.05) is 0 Å². The molecule has 2 rings (SSSR count). The van der Waals surface area contributed by atoms with Crippen molar-refractivity contribution in [2.45, 2.75) is 25.9 Å². The first kappa shape index (κ1) is 16.7. The highest BCUT2D eigenvalue weighted by Gasteiger charge is 2.34. The van der Waals surface area contributed by atoms with E-state index in [9.17, 15) is 18.0 Å². The SMILES string of the molecule is CCOC[C@H]1CCN(C(=O)Cc2cnccc2C(F)(F)F)C1. The Bertz CT molecular complexity index is 520. The van der Waals surface area contributed by atoms with Crippen LogP contribution in [0.25, 0.3) is 0 Å². The molecule has 0 unspecified atom stereocenters. The summed E-state index contributed by atoms with van der Waals surface area (Å²) in [5.74, 6) is -0.0302. The monoisotopic (exact) mass is 316 g/mol. The molecule has 1 amide bonds. The topological polar surface area (TPSA) is 42.4 Å². The number of carbonyl (C=O) groups is 1. The maximum Gasteiger partial charge on any atom is 0.416 e. The molecular formula is C15H19F3N2O2. The third-order valence-electron chi connectivity index (χ3n) is 3.75. The number of nitrogens with zero attached hydrogens (tertiary/aromatic N) is 2. The van der Waals surface area contributed by atoms with Gasteiger partial charge in [0, 0.05) is 38.0 Å². The first-order valence-electron chi connectivity index (χ1n) is 7.27. The Balaban J connectivity index is 1.99. The molecule has 1 fully saturated rings. The van der Waals surface area contributed by atoms with Gasteiger partial charge in [0.1, 0.15) is 0 Å². The van der Waals surface area contributed by atoms with E-state index in [1.807, 2.05) is 6.92 Å². The van der Waals surface area contributed by atoms with Crippen molar-refractivity contribution in [1.82, 2.24) is 9.88 Å². The number of halogens is 3.